The van der Waals surface area contributed by atoms with E-state index in [0.717, 1.165) is 22.8 Å². The zero-order valence-corrected chi connectivity index (χ0v) is 15.5. The second-order valence-electron chi connectivity index (χ2n) is 6.01. The van der Waals surface area contributed by atoms with Gasteiger partial charge in [-0.1, -0.05) is 12.1 Å². The van der Waals surface area contributed by atoms with Crippen molar-refractivity contribution in [3.63, 3.8) is 0 Å². The summed E-state index contributed by atoms with van der Waals surface area (Å²) in [6.45, 7) is -2.17. The van der Waals surface area contributed by atoms with Crippen molar-refractivity contribution in [2.24, 2.45) is 0 Å². The van der Waals surface area contributed by atoms with Gasteiger partial charge in [0.1, 0.15) is 6.61 Å². The molecule has 0 aliphatic heterocycles. The third-order valence-electron chi connectivity index (χ3n) is 3.76. The van der Waals surface area contributed by atoms with Crippen LogP contribution in [0.15, 0.2) is 24.4 Å². The molecule has 0 bridgehead atoms. The molecule has 15 heteroatoms. The summed E-state index contributed by atoms with van der Waals surface area (Å²) in [4.78, 5) is 22.2. The maximum absolute atomic E-state index is 12.9. The largest absolute Gasteiger partial charge is 0.573 e. The lowest BCUT2D eigenvalue weighted by Crippen LogP contribution is -2.26. The van der Waals surface area contributed by atoms with Crippen molar-refractivity contribution in [1.82, 2.24) is 4.57 Å². The Morgan fingerprint density at radius 1 is 0.875 bits per heavy atom. The van der Waals surface area contributed by atoms with Gasteiger partial charge in [0.25, 0.3) is 5.78 Å². The molecular formula is C17H12F9NO5. The first-order valence-electron chi connectivity index (χ1n) is 8.42. The standard InChI is InChI=1S/C17H12F9NO5/c18-15(19,20)13(28)10-8-27(4-5-30-6-7-31-14(29)16(21,22)23)12-9(10)2-1-3-11(12)32-17(24,25)26/h1-3,8H,4-7H2. The second kappa shape index (κ2) is 9.26. The molecule has 0 amide bonds. The minimum Gasteiger partial charge on any atom is -0.457 e. The zero-order valence-electron chi connectivity index (χ0n) is 15.5. The van der Waals surface area contributed by atoms with Gasteiger partial charge in [-0.2, -0.15) is 26.3 Å². The molecule has 0 aliphatic carbocycles. The molecule has 0 fully saturated rings. The number of carbonyl (C=O) groups is 2. The molecule has 0 unspecified atom stereocenters. The highest BCUT2D eigenvalue weighted by atomic mass is 19.4. The first kappa shape index (κ1) is 25.3. The molecule has 0 spiro atoms. The van der Waals surface area contributed by atoms with Gasteiger partial charge in [-0.25, -0.2) is 4.79 Å². The third-order valence-corrected chi connectivity index (χ3v) is 3.76. The minimum atomic E-state index is -5.31. The predicted octanol–water partition coefficient (Wildman–Crippen LogP) is 4.41. The quantitative estimate of drug-likeness (QED) is 0.242. The molecule has 0 saturated carbocycles. The van der Waals surface area contributed by atoms with Crippen LogP contribution in [0.4, 0.5) is 39.5 Å². The van der Waals surface area contributed by atoms with Crippen molar-refractivity contribution in [2.45, 2.75) is 25.3 Å². The van der Waals surface area contributed by atoms with Crippen LogP contribution in [0.5, 0.6) is 5.75 Å². The molecule has 178 valence electrons. The number of para-hydroxylation sites is 1. The number of benzene rings is 1. The van der Waals surface area contributed by atoms with E-state index in [2.05, 4.69) is 9.47 Å². The van der Waals surface area contributed by atoms with Gasteiger partial charge in [-0.15, -0.1) is 13.2 Å². The number of esters is 1. The summed E-state index contributed by atoms with van der Waals surface area (Å²) in [7, 11) is 0. The van der Waals surface area contributed by atoms with Gasteiger partial charge < -0.3 is 18.8 Å². The Bertz CT molecular complexity index is 976. The number of carbonyl (C=O) groups excluding carboxylic acids is 2. The van der Waals surface area contributed by atoms with E-state index in [1.807, 2.05) is 0 Å². The Balaban J connectivity index is 2.21. The van der Waals surface area contributed by atoms with E-state index in [-0.39, 0.29) is 0 Å². The third kappa shape index (κ3) is 6.51. The number of fused-ring (bicyclic) bond motifs is 1. The van der Waals surface area contributed by atoms with Crippen LogP contribution >= 0.6 is 0 Å². The van der Waals surface area contributed by atoms with Crippen molar-refractivity contribution in [1.29, 1.82) is 0 Å². The molecule has 0 atom stereocenters. The number of hydrogen-bond acceptors (Lipinski definition) is 5. The summed E-state index contributed by atoms with van der Waals surface area (Å²) in [6, 6.07) is 2.78. The molecule has 1 aromatic carbocycles. The van der Waals surface area contributed by atoms with Crippen molar-refractivity contribution in [3.8, 4) is 5.75 Å². The topological polar surface area (TPSA) is 66.8 Å². The lowest BCUT2D eigenvalue weighted by atomic mass is 10.1. The smallest absolute Gasteiger partial charge is 0.457 e. The summed E-state index contributed by atoms with van der Waals surface area (Å²) in [6.07, 6.45) is -15.0. The number of ether oxygens (including phenoxy) is 3. The van der Waals surface area contributed by atoms with Crippen LogP contribution in [0.2, 0.25) is 0 Å². The Kier molecular flexibility index (Phi) is 7.32. The number of hydrogen-bond donors (Lipinski definition) is 0. The summed E-state index contributed by atoms with van der Waals surface area (Å²) in [5, 5.41) is -0.465. The zero-order chi connectivity index (χ0) is 24.3. The highest BCUT2D eigenvalue weighted by molar-refractivity contribution is 6.11. The van der Waals surface area contributed by atoms with Gasteiger partial charge in [0.2, 0.25) is 0 Å². The van der Waals surface area contributed by atoms with Crippen molar-refractivity contribution >= 4 is 22.7 Å². The van der Waals surface area contributed by atoms with E-state index in [1.165, 1.54) is 0 Å². The van der Waals surface area contributed by atoms with Crippen LogP contribution in [0.1, 0.15) is 10.4 Å². The van der Waals surface area contributed by atoms with E-state index in [9.17, 15) is 49.1 Å². The highest BCUT2D eigenvalue weighted by Gasteiger charge is 2.42. The second-order valence-corrected chi connectivity index (χ2v) is 6.01. The fourth-order valence-corrected chi connectivity index (χ4v) is 2.58. The molecule has 2 aromatic rings. The van der Waals surface area contributed by atoms with Crippen LogP contribution < -0.4 is 4.74 Å². The monoisotopic (exact) mass is 481 g/mol. The highest BCUT2D eigenvalue weighted by Crippen LogP contribution is 2.35. The number of halogens is 9. The average molecular weight is 481 g/mol. The van der Waals surface area contributed by atoms with Crippen molar-refractivity contribution in [2.75, 3.05) is 19.8 Å². The van der Waals surface area contributed by atoms with E-state index >= 15 is 0 Å². The number of nitrogens with zero attached hydrogens (tertiary/aromatic N) is 1. The van der Waals surface area contributed by atoms with E-state index in [0.29, 0.717) is 6.20 Å². The van der Waals surface area contributed by atoms with Crippen LogP contribution in [-0.2, 0) is 20.8 Å². The maximum atomic E-state index is 12.9. The SMILES string of the molecule is O=C(OCCOCCn1cc(C(=O)C(F)(F)F)c2cccc(OC(F)(F)F)c21)C(F)(F)F. The summed E-state index contributed by atoms with van der Waals surface area (Å²) >= 11 is 0. The molecule has 0 radical (unpaired) electrons. The summed E-state index contributed by atoms with van der Waals surface area (Å²) in [5.74, 6) is -5.64. The van der Waals surface area contributed by atoms with Gasteiger partial charge in [0.05, 0.1) is 24.3 Å². The molecule has 32 heavy (non-hydrogen) atoms. The minimum absolute atomic E-state index is 0.410. The van der Waals surface area contributed by atoms with Gasteiger partial charge in [-0.05, 0) is 6.07 Å². The molecule has 2 rings (SSSR count). The number of ketones is 1. The fourth-order valence-electron chi connectivity index (χ4n) is 2.58. The summed E-state index contributed by atoms with van der Waals surface area (Å²) < 4.78 is 126. The molecule has 1 aromatic heterocycles. The Morgan fingerprint density at radius 2 is 1.53 bits per heavy atom. The first-order chi connectivity index (χ1) is 14.6. The van der Waals surface area contributed by atoms with Gasteiger partial charge >= 0.3 is 24.7 Å². The number of Topliss-reactive ketones (excluding diaryl/α,β-unsaturated/α-hetero) is 1. The van der Waals surface area contributed by atoms with E-state index < -0.39 is 79.0 Å². The van der Waals surface area contributed by atoms with E-state index in [4.69, 9.17) is 4.74 Å². The Labute approximate surface area is 172 Å². The molecule has 0 aliphatic rings. The maximum Gasteiger partial charge on any atom is 0.573 e. The predicted molar refractivity (Wildman–Crippen MR) is 86.8 cm³/mol. The van der Waals surface area contributed by atoms with Crippen LogP contribution in [-0.4, -0.2) is 54.9 Å². The van der Waals surface area contributed by atoms with Crippen LogP contribution in [0, 0.1) is 0 Å². The fraction of sp³-hybridized carbons (Fsp3) is 0.412. The van der Waals surface area contributed by atoms with E-state index in [1.54, 1.807) is 0 Å². The Morgan fingerprint density at radius 3 is 2.09 bits per heavy atom. The van der Waals surface area contributed by atoms with Crippen LogP contribution in [0.3, 0.4) is 0 Å². The Hall–Kier alpha value is -2.97. The summed E-state index contributed by atoms with van der Waals surface area (Å²) in [5.41, 5.74) is -1.41. The lowest BCUT2D eigenvalue weighted by molar-refractivity contribution is -0.274. The number of alkyl halides is 9. The van der Waals surface area contributed by atoms with Crippen molar-refractivity contribution < 1.29 is 63.3 Å². The average Bonchev–Trinajstić information content (AvgIpc) is 3.00. The number of rotatable bonds is 8. The molecule has 1 heterocycles. The molecule has 0 N–H and O–H groups in total. The lowest BCUT2D eigenvalue weighted by Gasteiger charge is -2.13. The normalized spacial score (nSPS) is 12.8. The number of aromatic nitrogens is 1. The first-order valence-corrected chi connectivity index (χ1v) is 8.42. The molecular weight excluding hydrogens is 469 g/mol. The molecule has 0 saturated heterocycles. The van der Waals surface area contributed by atoms with Gasteiger partial charge in [-0.3, -0.25) is 4.79 Å². The van der Waals surface area contributed by atoms with Crippen LogP contribution in [0.25, 0.3) is 10.9 Å². The van der Waals surface area contributed by atoms with Gasteiger partial charge in [0, 0.05) is 18.1 Å². The van der Waals surface area contributed by atoms with Gasteiger partial charge in [0.15, 0.2) is 5.75 Å². The molecule has 6 nitrogen and oxygen atoms in total. The van der Waals surface area contributed by atoms with Crippen molar-refractivity contribution in [3.05, 3.63) is 30.0 Å².